The van der Waals surface area contributed by atoms with Crippen molar-refractivity contribution in [1.29, 1.82) is 5.26 Å². The van der Waals surface area contributed by atoms with Crippen LogP contribution in [0.25, 0.3) is 0 Å². The van der Waals surface area contributed by atoms with Crippen molar-refractivity contribution in [2.75, 3.05) is 6.54 Å². The van der Waals surface area contributed by atoms with Crippen LogP contribution in [0, 0.1) is 22.7 Å². The molecular formula is C14H24N2O. The Kier molecular flexibility index (Phi) is 5.47. The highest BCUT2D eigenvalue weighted by molar-refractivity contribution is 5.81. The standard InChI is InChI=1S/C14H24N2O/c1-3-7-12(10-15)13(17)16-11-14(4-2)8-5-6-9-14/h12H,3-9,11H2,1-2H3,(H,16,17). The molecule has 1 atom stereocenters. The summed E-state index contributed by atoms with van der Waals surface area (Å²) in [7, 11) is 0. The molecule has 0 spiro atoms. The lowest BCUT2D eigenvalue weighted by Crippen LogP contribution is -2.38. The van der Waals surface area contributed by atoms with Gasteiger partial charge in [0.25, 0.3) is 0 Å². The highest BCUT2D eigenvalue weighted by atomic mass is 16.1. The normalized spacial score (nSPS) is 19.6. The van der Waals surface area contributed by atoms with Gasteiger partial charge in [-0.25, -0.2) is 0 Å². The Morgan fingerprint density at radius 3 is 2.53 bits per heavy atom. The van der Waals surface area contributed by atoms with Crippen LogP contribution >= 0.6 is 0 Å². The van der Waals surface area contributed by atoms with E-state index in [0.717, 1.165) is 19.4 Å². The molecule has 0 aromatic carbocycles. The van der Waals surface area contributed by atoms with E-state index in [2.05, 4.69) is 18.3 Å². The summed E-state index contributed by atoms with van der Waals surface area (Å²) in [6.07, 6.45) is 7.66. The van der Waals surface area contributed by atoms with Crippen molar-refractivity contribution >= 4 is 5.91 Å². The van der Waals surface area contributed by atoms with Gasteiger partial charge in [0.05, 0.1) is 6.07 Å². The molecule has 1 aliphatic rings. The molecule has 1 N–H and O–H groups in total. The van der Waals surface area contributed by atoms with Crippen molar-refractivity contribution in [3.63, 3.8) is 0 Å². The summed E-state index contributed by atoms with van der Waals surface area (Å²) < 4.78 is 0. The minimum atomic E-state index is -0.463. The first-order chi connectivity index (χ1) is 8.17. The molecule has 1 unspecified atom stereocenters. The second-order valence-corrected chi connectivity index (χ2v) is 5.25. The molecule has 0 aromatic heterocycles. The van der Waals surface area contributed by atoms with Crippen LogP contribution in [0.3, 0.4) is 0 Å². The van der Waals surface area contributed by atoms with E-state index < -0.39 is 5.92 Å². The first kappa shape index (κ1) is 14.0. The predicted molar refractivity (Wildman–Crippen MR) is 68.2 cm³/mol. The molecule has 1 rings (SSSR count). The largest absolute Gasteiger partial charge is 0.354 e. The van der Waals surface area contributed by atoms with Crippen molar-refractivity contribution in [2.24, 2.45) is 11.3 Å². The van der Waals surface area contributed by atoms with Gasteiger partial charge in [-0.05, 0) is 31.1 Å². The third kappa shape index (κ3) is 3.73. The van der Waals surface area contributed by atoms with Crippen molar-refractivity contribution < 1.29 is 4.79 Å². The average Bonchev–Trinajstić information content (AvgIpc) is 2.82. The van der Waals surface area contributed by atoms with Gasteiger partial charge in [-0.15, -0.1) is 0 Å². The van der Waals surface area contributed by atoms with Gasteiger partial charge < -0.3 is 5.32 Å². The van der Waals surface area contributed by atoms with Crippen LogP contribution in [0.4, 0.5) is 0 Å². The Bertz CT molecular complexity index is 287. The van der Waals surface area contributed by atoms with E-state index in [-0.39, 0.29) is 5.91 Å². The Morgan fingerprint density at radius 2 is 2.06 bits per heavy atom. The lowest BCUT2D eigenvalue weighted by molar-refractivity contribution is -0.124. The fourth-order valence-corrected chi connectivity index (χ4v) is 2.72. The van der Waals surface area contributed by atoms with E-state index in [0.29, 0.717) is 11.8 Å². The molecule has 0 radical (unpaired) electrons. The van der Waals surface area contributed by atoms with Crippen LogP contribution < -0.4 is 5.32 Å². The zero-order chi connectivity index (χ0) is 12.7. The van der Waals surface area contributed by atoms with Crippen LogP contribution in [0.2, 0.25) is 0 Å². The Labute approximate surface area is 105 Å². The molecule has 0 aromatic rings. The fourth-order valence-electron chi connectivity index (χ4n) is 2.72. The monoisotopic (exact) mass is 236 g/mol. The van der Waals surface area contributed by atoms with E-state index in [4.69, 9.17) is 5.26 Å². The molecule has 0 bridgehead atoms. The van der Waals surface area contributed by atoms with Gasteiger partial charge in [0, 0.05) is 6.54 Å². The highest BCUT2D eigenvalue weighted by Gasteiger charge is 2.32. The first-order valence-electron chi connectivity index (χ1n) is 6.85. The van der Waals surface area contributed by atoms with Gasteiger partial charge in [-0.3, -0.25) is 4.79 Å². The van der Waals surface area contributed by atoms with Crippen LogP contribution in [-0.2, 0) is 4.79 Å². The smallest absolute Gasteiger partial charge is 0.237 e. The highest BCUT2D eigenvalue weighted by Crippen LogP contribution is 2.40. The first-order valence-corrected chi connectivity index (χ1v) is 6.85. The predicted octanol–water partition coefficient (Wildman–Crippen LogP) is 3.01. The molecule has 0 aliphatic heterocycles. The molecule has 1 aliphatic carbocycles. The molecule has 1 amide bonds. The van der Waals surface area contributed by atoms with Gasteiger partial charge in [0.1, 0.15) is 5.92 Å². The topological polar surface area (TPSA) is 52.9 Å². The minimum absolute atomic E-state index is 0.0749. The summed E-state index contributed by atoms with van der Waals surface area (Å²) in [5.41, 5.74) is 0.307. The third-order valence-corrected chi connectivity index (χ3v) is 4.10. The summed E-state index contributed by atoms with van der Waals surface area (Å²) in [6.45, 7) is 4.96. The van der Waals surface area contributed by atoms with E-state index in [9.17, 15) is 4.79 Å². The summed E-state index contributed by atoms with van der Waals surface area (Å²) in [5.74, 6) is -0.538. The maximum absolute atomic E-state index is 11.8. The Balaban J connectivity index is 2.43. The second-order valence-electron chi connectivity index (χ2n) is 5.25. The van der Waals surface area contributed by atoms with Gasteiger partial charge >= 0.3 is 0 Å². The number of nitriles is 1. The third-order valence-electron chi connectivity index (χ3n) is 4.10. The summed E-state index contributed by atoms with van der Waals surface area (Å²) >= 11 is 0. The molecule has 17 heavy (non-hydrogen) atoms. The van der Waals surface area contributed by atoms with Crippen molar-refractivity contribution in [2.45, 2.75) is 58.8 Å². The molecule has 3 nitrogen and oxygen atoms in total. The van der Waals surface area contributed by atoms with Crippen LogP contribution in [0.15, 0.2) is 0 Å². The number of hydrogen-bond acceptors (Lipinski definition) is 2. The molecule has 3 heteroatoms. The SMILES string of the molecule is CCCC(C#N)C(=O)NCC1(CC)CCCC1. The molecular weight excluding hydrogens is 212 g/mol. The molecule has 96 valence electrons. The molecule has 0 heterocycles. The fraction of sp³-hybridized carbons (Fsp3) is 0.857. The zero-order valence-corrected chi connectivity index (χ0v) is 11.1. The van der Waals surface area contributed by atoms with Crippen molar-refractivity contribution in [3.05, 3.63) is 0 Å². The summed E-state index contributed by atoms with van der Waals surface area (Å²) in [5, 5.41) is 11.9. The summed E-state index contributed by atoms with van der Waals surface area (Å²) in [6, 6.07) is 2.10. The zero-order valence-electron chi connectivity index (χ0n) is 11.1. The van der Waals surface area contributed by atoms with Gasteiger partial charge in [-0.2, -0.15) is 5.26 Å². The van der Waals surface area contributed by atoms with E-state index in [1.807, 2.05) is 6.92 Å². The average molecular weight is 236 g/mol. The quantitative estimate of drug-likeness (QED) is 0.770. The van der Waals surface area contributed by atoms with E-state index in [1.54, 1.807) is 0 Å². The van der Waals surface area contributed by atoms with Crippen LogP contribution in [0.1, 0.15) is 58.8 Å². The lowest BCUT2D eigenvalue weighted by Gasteiger charge is -2.28. The van der Waals surface area contributed by atoms with Crippen LogP contribution in [-0.4, -0.2) is 12.5 Å². The molecule has 1 fully saturated rings. The van der Waals surface area contributed by atoms with Crippen molar-refractivity contribution in [3.8, 4) is 6.07 Å². The number of amides is 1. The number of nitrogens with one attached hydrogen (secondary N) is 1. The van der Waals surface area contributed by atoms with Gasteiger partial charge in [0.2, 0.25) is 5.91 Å². The Hall–Kier alpha value is -1.04. The number of rotatable bonds is 6. The maximum atomic E-state index is 11.8. The molecule has 1 saturated carbocycles. The molecule has 0 saturated heterocycles. The second kappa shape index (κ2) is 6.64. The van der Waals surface area contributed by atoms with E-state index in [1.165, 1.54) is 25.7 Å². The summed E-state index contributed by atoms with van der Waals surface area (Å²) in [4.78, 5) is 11.8. The maximum Gasteiger partial charge on any atom is 0.237 e. The number of carbonyl (C=O) groups excluding carboxylic acids is 1. The van der Waals surface area contributed by atoms with Crippen molar-refractivity contribution in [1.82, 2.24) is 5.32 Å². The van der Waals surface area contributed by atoms with Crippen LogP contribution in [0.5, 0.6) is 0 Å². The number of nitrogens with zero attached hydrogens (tertiary/aromatic N) is 1. The van der Waals surface area contributed by atoms with Gasteiger partial charge in [0.15, 0.2) is 0 Å². The minimum Gasteiger partial charge on any atom is -0.354 e. The number of hydrogen-bond donors (Lipinski definition) is 1. The lowest BCUT2D eigenvalue weighted by atomic mass is 9.83. The number of carbonyl (C=O) groups is 1. The van der Waals surface area contributed by atoms with Gasteiger partial charge in [-0.1, -0.05) is 33.1 Å². The Morgan fingerprint density at radius 1 is 1.41 bits per heavy atom. The van der Waals surface area contributed by atoms with E-state index >= 15 is 0 Å².